The summed E-state index contributed by atoms with van der Waals surface area (Å²) in [5.41, 5.74) is 1.07. The Labute approximate surface area is 103 Å². The van der Waals surface area contributed by atoms with Crippen molar-refractivity contribution in [1.29, 1.82) is 0 Å². The maximum atomic E-state index is 12.0. The van der Waals surface area contributed by atoms with Crippen molar-refractivity contribution in [3.8, 4) is 0 Å². The SMILES string of the molecule is CC1=CCC(C)(C)[C@@H]2CC[C@@](C)(O)C2=CC1=O. The molecule has 17 heavy (non-hydrogen) atoms. The smallest absolute Gasteiger partial charge is 0.181 e. The first-order chi connectivity index (χ1) is 7.74. The second-order valence-corrected chi connectivity index (χ2v) is 6.41. The summed E-state index contributed by atoms with van der Waals surface area (Å²) in [5.74, 6) is 0.383. The van der Waals surface area contributed by atoms with Crippen LogP contribution in [-0.4, -0.2) is 16.5 Å². The van der Waals surface area contributed by atoms with Crippen molar-refractivity contribution in [2.75, 3.05) is 0 Å². The molecular formula is C15H22O2. The Kier molecular flexibility index (Phi) is 2.81. The molecule has 0 saturated heterocycles. The first-order valence-electron chi connectivity index (χ1n) is 6.39. The summed E-state index contributed by atoms with van der Waals surface area (Å²) in [6.07, 6.45) is 6.38. The monoisotopic (exact) mass is 234 g/mol. The molecule has 0 radical (unpaired) electrons. The van der Waals surface area contributed by atoms with E-state index in [2.05, 4.69) is 13.8 Å². The van der Waals surface area contributed by atoms with Crippen LogP contribution in [0.5, 0.6) is 0 Å². The summed E-state index contributed by atoms with van der Waals surface area (Å²) in [6, 6.07) is 0. The molecular weight excluding hydrogens is 212 g/mol. The van der Waals surface area contributed by atoms with Gasteiger partial charge in [0.15, 0.2) is 5.78 Å². The zero-order valence-electron chi connectivity index (χ0n) is 11.2. The van der Waals surface area contributed by atoms with Crippen molar-refractivity contribution >= 4 is 5.78 Å². The molecule has 1 N–H and O–H groups in total. The summed E-state index contributed by atoms with van der Waals surface area (Å²) in [4.78, 5) is 12.0. The molecule has 0 bridgehead atoms. The van der Waals surface area contributed by atoms with Gasteiger partial charge in [-0.3, -0.25) is 4.79 Å². The molecule has 0 unspecified atom stereocenters. The first kappa shape index (κ1) is 12.6. The van der Waals surface area contributed by atoms with E-state index in [1.54, 1.807) is 6.08 Å². The van der Waals surface area contributed by atoms with E-state index in [9.17, 15) is 9.90 Å². The molecule has 2 heteroatoms. The Morgan fingerprint density at radius 2 is 2.00 bits per heavy atom. The summed E-state index contributed by atoms with van der Waals surface area (Å²) in [5, 5.41) is 10.4. The number of carbonyl (C=O) groups excluding carboxylic acids is 1. The number of carbonyl (C=O) groups is 1. The Morgan fingerprint density at radius 1 is 1.35 bits per heavy atom. The average Bonchev–Trinajstić information content (AvgIpc) is 2.51. The number of rotatable bonds is 0. The van der Waals surface area contributed by atoms with E-state index in [1.807, 2.05) is 19.9 Å². The molecule has 1 saturated carbocycles. The van der Waals surface area contributed by atoms with Crippen LogP contribution in [-0.2, 0) is 4.79 Å². The van der Waals surface area contributed by atoms with E-state index in [0.29, 0.717) is 5.92 Å². The molecule has 1 fully saturated rings. The summed E-state index contributed by atoms with van der Waals surface area (Å²) >= 11 is 0. The van der Waals surface area contributed by atoms with Crippen LogP contribution < -0.4 is 0 Å². The van der Waals surface area contributed by atoms with Crippen LogP contribution in [0.15, 0.2) is 23.3 Å². The number of fused-ring (bicyclic) bond motifs is 1. The number of allylic oxidation sites excluding steroid dienone is 3. The Bertz CT molecular complexity index is 411. The molecule has 0 aromatic rings. The summed E-state index contributed by atoms with van der Waals surface area (Å²) in [6.45, 7) is 8.15. The van der Waals surface area contributed by atoms with Gasteiger partial charge in [0.1, 0.15) is 0 Å². The molecule has 0 aromatic carbocycles. The maximum absolute atomic E-state index is 12.0. The molecule has 0 aromatic heterocycles. The molecule has 0 heterocycles. The van der Waals surface area contributed by atoms with Crippen LogP contribution in [0.3, 0.4) is 0 Å². The zero-order chi connectivity index (χ0) is 12.8. The lowest BCUT2D eigenvalue weighted by Crippen LogP contribution is -2.31. The number of hydrogen-bond acceptors (Lipinski definition) is 2. The molecule has 2 aliphatic rings. The molecule has 94 valence electrons. The average molecular weight is 234 g/mol. The number of hydrogen-bond donors (Lipinski definition) is 1. The number of aliphatic hydroxyl groups is 1. The normalized spacial score (nSPS) is 36.8. The topological polar surface area (TPSA) is 37.3 Å². The third-order valence-electron chi connectivity index (χ3n) is 4.47. The fourth-order valence-electron chi connectivity index (χ4n) is 3.08. The lowest BCUT2D eigenvalue weighted by molar-refractivity contribution is -0.111. The van der Waals surface area contributed by atoms with E-state index >= 15 is 0 Å². The fraction of sp³-hybridized carbons (Fsp3) is 0.667. The van der Waals surface area contributed by atoms with Crippen molar-refractivity contribution in [3.63, 3.8) is 0 Å². The van der Waals surface area contributed by atoms with Gasteiger partial charge in [0, 0.05) is 0 Å². The molecule has 2 rings (SSSR count). The van der Waals surface area contributed by atoms with Gasteiger partial charge in [-0.2, -0.15) is 0 Å². The number of ketones is 1. The predicted molar refractivity (Wildman–Crippen MR) is 68.6 cm³/mol. The van der Waals surface area contributed by atoms with Gasteiger partial charge in [0.05, 0.1) is 5.60 Å². The van der Waals surface area contributed by atoms with Crippen LogP contribution in [0, 0.1) is 11.3 Å². The lowest BCUT2D eigenvalue weighted by atomic mass is 9.70. The van der Waals surface area contributed by atoms with Crippen molar-refractivity contribution in [1.82, 2.24) is 0 Å². The highest BCUT2D eigenvalue weighted by molar-refractivity contribution is 6.04. The third kappa shape index (κ3) is 2.11. The van der Waals surface area contributed by atoms with Crippen molar-refractivity contribution < 1.29 is 9.90 Å². The van der Waals surface area contributed by atoms with Gasteiger partial charge in [-0.15, -0.1) is 0 Å². The quantitative estimate of drug-likeness (QED) is 0.699. The predicted octanol–water partition coefficient (Wildman–Crippen LogP) is 3.02. The summed E-state index contributed by atoms with van der Waals surface area (Å²) in [7, 11) is 0. The van der Waals surface area contributed by atoms with Gasteiger partial charge >= 0.3 is 0 Å². The van der Waals surface area contributed by atoms with Crippen molar-refractivity contribution in [2.24, 2.45) is 11.3 Å². The third-order valence-corrected chi connectivity index (χ3v) is 4.47. The van der Waals surface area contributed by atoms with E-state index in [0.717, 1.165) is 30.4 Å². The van der Waals surface area contributed by atoms with Crippen LogP contribution in [0.1, 0.15) is 47.0 Å². The van der Waals surface area contributed by atoms with Crippen molar-refractivity contribution in [2.45, 2.75) is 52.6 Å². The van der Waals surface area contributed by atoms with Gasteiger partial charge in [-0.1, -0.05) is 19.9 Å². The highest BCUT2D eigenvalue weighted by atomic mass is 16.3. The summed E-state index contributed by atoms with van der Waals surface area (Å²) < 4.78 is 0. The molecule has 2 atom stereocenters. The fourth-order valence-corrected chi connectivity index (χ4v) is 3.08. The van der Waals surface area contributed by atoms with Gasteiger partial charge in [0.25, 0.3) is 0 Å². The Balaban J connectivity index is 2.50. The molecule has 0 spiro atoms. The van der Waals surface area contributed by atoms with Gasteiger partial charge in [-0.05, 0) is 61.7 Å². The largest absolute Gasteiger partial charge is 0.386 e. The van der Waals surface area contributed by atoms with Crippen LogP contribution in [0.25, 0.3) is 0 Å². The molecule has 2 nitrogen and oxygen atoms in total. The van der Waals surface area contributed by atoms with E-state index < -0.39 is 5.60 Å². The van der Waals surface area contributed by atoms with Crippen LogP contribution in [0.4, 0.5) is 0 Å². The van der Waals surface area contributed by atoms with Crippen molar-refractivity contribution in [3.05, 3.63) is 23.3 Å². The van der Waals surface area contributed by atoms with Crippen LogP contribution >= 0.6 is 0 Å². The highest BCUT2D eigenvalue weighted by Crippen LogP contribution is 2.50. The van der Waals surface area contributed by atoms with Gasteiger partial charge in [0.2, 0.25) is 0 Å². The Morgan fingerprint density at radius 3 is 2.65 bits per heavy atom. The van der Waals surface area contributed by atoms with Crippen LogP contribution in [0.2, 0.25) is 0 Å². The highest BCUT2D eigenvalue weighted by Gasteiger charge is 2.45. The van der Waals surface area contributed by atoms with Gasteiger partial charge in [-0.25, -0.2) is 0 Å². The second kappa shape index (κ2) is 3.81. The lowest BCUT2D eigenvalue weighted by Gasteiger charge is -2.35. The van der Waals surface area contributed by atoms with Gasteiger partial charge < -0.3 is 5.11 Å². The molecule has 2 aliphatic carbocycles. The minimum atomic E-state index is -0.796. The minimum Gasteiger partial charge on any atom is -0.386 e. The standard InChI is InChI=1S/C15H22O2/c1-10-5-7-14(2,3)11-6-8-15(4,17)12(11)9-13(10)16/h5,9,11,17H,6-8H2,1-4H3/t11-,15-/m1/s1. The molecule has 0 aliphatic heterocycles. The first-order valence-corrected chi connectivity index (χ1v) is 6.39. The minimum absolute atomic E-state index is 0.0580. The second-order valence-electron chi connectivity index (χ2n) is 6.41. The van der Waals surface area contributed by atoms with E-state index in [4.69, 9.17) is 0 Å². The zero-order valence-corrected chi connectivity index (χ0v) is 11.2. The maximum Gasteiger partial charge on any atom is 0.181 e. The Hall–Kier alpha value is -0.890. The van der Waals surface area contributed by atoms with E-state index in [-0.39, 0.29) is 11.2 Å². The van der Waals surface area contributed by atoms with E-state index in [1.165, 1.54) is 0 Å². The molecule has 0 amide bonds.